The lowest BCUT2D eigenvalue weighted by atomic mass is 10.1. The van der Waals surface area contributed by atoms with Crippen molar-refractivity contribution in [1.29, 1.82) is 0 Å². The molecule has 156 valence electrons. The second-order valence-electron chi connectivity index (χ2n) is 7.32. The molecule has 3 heterocycles. The highest BCUT2D eigenvalue weighted by Crippen LogP contribution is 2.20. The number of hydrogen-bond acceptors (Lipinski definition) is 6. The Balaban J connectivity index is 1.38. The Morgan fingerprint density at radius 2 is 1.77 bits per heavy atom. The van der Waals surface area contributed by atoms with Crippen LogP contribution in [0.15, 0.2) is 48.8 Å². The van der Waals surface area contributed by atoms with Crippen LogP contribution >= 0.6 is 11.6 Å². The highest BCUT2D eigenvalue weighted by molar-refractivity contribution is 6.30. The molecule has 0 aliphatic carbocycles. The number of aromatic nitrogens is 5. The first kappa shape index (κ1) is 20.4. The van der Waals surface area contributed by atoms with Crippen molar-refractivity contribution in [1.82, 2.24) is 35.0 Å². The van der Waals surface area contributed by atoms with Crippen LogP contribution in [-0.4, -0.2) is 67.1 Å². The molecule has 0 N–H and O–H groups in total. The summed E-state index contributed by atoms with van der Waals surface area (Å²) in [5.41, 5.74) is 2.05. The first-order valence-electron chi connectivity index (χ1n) is 10.1. The average molecular weight is 426 g/mol. The Hall–Kier alpha value is -2.84. The van der Waals surface area contributed by atoms with Gasteiger partial charge in [-0.15, -0.1) is 10.2 Å². The molecular formula is C21H24ClN7O. The van der Waals surface area contributed by atoms with E-state index in [9.17, 15) is 4.79 Å². The maximum absolute atomic E-state index is 13.1. The molecule has 1 atom stereocenters. The number of benzene rings is 1. The summed E-state index contributed by atoms with van der Waals surface area (Å²) in [4.78, 5) is 22.9. The van der Waals surface area contributed by atoms with Gasteiger partial charge in [0, 0.05) is 55.7 Å². The minimum atomic E-state index is -0.453. The zero-order chi connectivity index (χ0) is 20.9. The number of tetrazole rings is 1. The van der Waals surface area contributed by atoms with E-state index >= 15 is 0 Å². The lowest BCUT2D eigenvalue weighted by Gasteiger charge is -2.36. The summed E-state index contributed by atoms with van der Waals surface area (Å²) in [5.74, 6) is 0.529. The van der Waals surface area contributed by atoms with Crippen LogP contribution in [0.3, 0.4) is 0 Å². The Labute approximate surface area is 180 Å². The Morgan fingerprint density at radius 1 is 1.07 bits per heavy atom. The van der Waals surface area contributed by atoms with Crippen molar-refractivity contribution in [3.05, 3.63) is 59.4 Å². The van der Waals surface area contributed by atoms with Crippen LogP contribution in [0.4, 0.5) is 0 Å². The van der Waals surface area contributed by atoms with Crippen LogP contribution in [0.5, 0.6) is 0 Å². The molecule has 1 saturated heterocycles. The van der Waals surface area contributed by atoms with Crippen molar-refractivity contribution in [2.45, 2.75) is 25.9 Å². The van der Waals surface area contributed by atoms with Crippen LogP contribution < -0.4 is 0 Å². The average Bonchev–Trinajstić information content (AvgIpc) is 3.26. The van der Waals surface area contributed by atoms with Crippen LogP contribution in [0.1, 0.15) is 24.9 Å². The third-order valence-corrected chi connectivity index (χ3v) is 5.57. The van der Waals surface area contributed by atoms with Gasteiger partial charge in [0.1, 0.15) is 0 Å². The standard InChI is InChI=1S/C21H24ClN7O/c1-2-19(29-25-20(24-26-29)17-3-5-18(22)6-4-17)21(30)28-13-11-27(12-14-28)15-16-7-9-23-10-8-16/h3-10,19H,2,11-15H2,1H3. The lowest BCUT2D eigenvalue weighted by molar-refractivity contribution is -0.137. The summed E-state index contributed by atoms with van der Waals surface area (Å²) in [5, 5.41) is 13.4. The Morgan fingerprint density at radius 3 is 2.43 bits per heavy atom. The molecule has 1 unspecified atom stereocenters. The van der Waals surface area contributed by atoms with Gasteiger partial charge in [0.2, 0.25) is 11.7 Å². The summed E-state index contributed by atoms with van der Waals surface area (Å²) in [6.45, 7) is 5.90. The van der Waals surface area contributed by atoms with E-state index in [1.807, 2.05) is 48.5 Å². The molecule has 0 saturated carbocycles. The highest BCUT2D eigenvalue weighted by atomic mass is 35.5. The fraction of sp³-hybridized carbons (Fsp3) is 0.381. The number of hydrogen-bond donors (Lipinski definition) is 0. The molecule has 4 rings (SSSR count). The van der Waals surface area contributed by atoms with Crippen molar-refractivity contribution in [3.8, 4) is 11.4 Å². The Bertz CT molecular complexity index is 969. The van der Waals surface area contributed by atoms with Crippen LogP contribution in [0.2, 0.25) is 5.02 Å². The van der Waals surface area contributed by atoms with Gasteiger partial charge in [-0.1, -0.05) is 18.5 Å². The van der Waals surface area contributed by atoms with Gasteiger partial charge in [-0.05, 0) is 53.6 Å². The molecule has 3 aromatic rings. The Kier molecular flexibility index (Phi) is 6.35. The normalized spacial score (nSPS) is 15.9. The number of pyridine rings is 1. The molecule has 1 amide bonds. The fourth-order valence-electron chi connectivity index (χ4n) is 3.59. The third-order valence-electron chi connectivity index (χ3n) is 5.32. The van der Waals surface area contributed by atoms with E-state index in [-0.39, 0.29) is 5.91 Å². The zero-order valence-corrected chi connectivity index (χ0v) is 17.6. The van der Waals surface area contributed by atoms with Crippen LogP contribution in [-0.2, 0) is 11.3 Å². The maximum Gasteiger partial charge on any atom is 0.249 e. The number of nitrogens with zero attached hydrogens (tertiary/aromatic N) is 7. The van der Waals surface area contributed by atoms with Gasteiger partial charge in [-0.2, -0.15) is 4.80 Å². The number of amides is 1. The van der Waals surface area contributed by atoms with E-state index in [2.05, 4.69) is 25.3 Å². The van der Waals surface area contributed by atoms with Gasteiger partial charge < -0.3 is 4.90 Å². The maximum atomic E-state index is 13.1. The van der Waals surface area contributed by atoms with Crippen molar-refractivity contribution >= 4 is 17.5 Å². The second-order valence-corrected chi connectivity index (χ2v) is 7.76. The zero-order valence-electron chi connectivity index (χ0n) is 16.9. The van der Waals surface area contributed by atoms with Crippen molar-refractivity contribution in [3.63, 3.8) is 0 Å². The van der Waals surface area contributed by atoms with E-state index in [1.54, 1.807) is 12.1 Å². The second kappa shape index (κ2) is 9.32. The van der Waals surface area contributed by atoms with Gasteiger partial charge in [0.25, 0.3) is 0 Å². The van der Waals surface area contributed by atoms with Gasteiger partial charge in [0.15, 0.2) is 6.04 Å². The molecule has 1 fully saturated rings. The first-order chi connectivity index (χ1) is 14.6. The number of carbonyl (C=O) groups is 1. The number of carbonyl (C=O) groups excluding carboxylic acids is 1. The predicted molar refractivity (Wildman–Crippen MR) is 114 cm³/mol. The van der Waals surface area contributed by atoms with Gasteiger partial charge in [-0.3, -0.25) is 14.7 Å². The van der Waals surface area contributed by atoms with Crippen molar-refractivity contribution in [2.75, 3.05) is 26.2 Å². The number of halogens is 1. The molecule has 1 aromatic carbocycles. The quantitative estimate of drug-likeness (QED) is 0.604. The topological polar surface area (TPSA) is 80.0 Å². The van der Waals surface area contributed by atoms with E-state index in [4.69, 9.17) is 11.6 Å². The van der Waals surface area contributed by atoms with E-state index in [0.717, 1.165) is 25.2 Å². The fourth-order valence-corrected chi connectivity index (χ4v) is 3.72. The molecule has 30 heavy (non-hydrogen) atoms. The van der Waals surface area contributed by atoms with E-state index in [0.29, 0.717) is 30.4 Å². The smallest absolute Gasteiger partial charge is 0.249 e. The van der Waals surface area contributed by atoms with Gasteiger partial charge in [-0.25, -0.2) is 0 Å². The van der Waals surface area contributed by atoms with Crippen LogP contribution in [0, 0.1) is 0 Å². The SMILES string of the molecule is CCC(C(=O)N1CCN(Cc2ccncc2)CC1)n1nnc(-c2ccc(Cl)cc2)n1. The molecule has 9 heteroatoms. The molecule has 2 aromatic heterocycles. The molecule has 8 nitrogen and oxygen atoms in total. The molecule has 0 bridgehead atoms. The molecule has 0 spiro atoms. The molecular weight excluding hydrogens is 402 g/mol. The van der Waals surface area contributed by atoms with E-state index in [1.165, 1.54) is 10.4 Å². The summed E-state index contributed by atoms with van der Waals surface area (Å²) < 4.78 is 0. The largest absolute Gasteiger partial charge is 0.338 e. The monoisotopic (exact) mass is 425 g/mol. The van der Waals surface area contributed by atoms with Crippen LogP contribution in [0.25, 0.3) is 11.4 Å². The lowest BCUT2D eigenvalue weighted by Crippen LogP contribution is -2.50. The minimum absolute atomic E-state index is 0.0427. The number of piperazine rings is 1. The van der Waals surface area contributed by atoms with Crippen molar-refractivity contribution < 1.29 is 4.79 Å². The summed E-state index contributed by atoms with van der Waals surface area (Å²) in [6, 6.07) is 10.9. The van der Waals surface area contributed by atoms with Gasteiger partial charge in [0.05, 0.1) is 0 Å². The molecule has 0 radical (unpaired) electrons. The molecule has 1 aliphatic rings. The highest BCUT2D eigenvalue weighted by Gasteiger charge is 2.29. The summed E-state index contributed by atoms with van der Waals surface area (Å²) in [7, 11) is 0. The van der Waals surface area contributed by atoms with Crippen molar-refractivity contribution in [2.24, 2.45) is 0 Å². The minimum Gasteiger partial charge on any atom is -0.338 e. The predicted octanol–water partition coefficient (Wildman–Crippen LogP) is 2.68. The van der Waals surface area contributed by atoms with E-state index < -0.39 is 6.04 Å². The summed E-state index contributed by atoms with van der Waals surface area (Å²) >= 11 is 5.94. The molecule has 1 aliphatic heterocycles. The first-order valence-corrected chi connectivity index (χ1v) is 10.5. The number of rotatable bonds is 6. The van der Waals surface area contributed by atoms with Gasteiger partial charge >= 0.3 is 0 Å². The summed E-state index contributed by atoms with van der Waals surface area (Å²) in [6.07, 6.45) is 4.22. The third kappa shape index (κ3) is 4.66.